The molecule has 5 rings (SSSR count). The maximum Gasteiger partial charge on any atom is 0.256 e. The van der Waals surface area contributed by atoms with Crippen molar-refractivity contribution in [3.8, 4) is 0 Å². The average molecular weight is 450 g/mol. The van der Waals surface area contributed by atoms with E-state index in [4.69, 9.17) is 11.6 Å². The van der Waals surface area contributed by atoms with Crippen LogP contribution < -0.4 is 10.2 Å². The van der Waals surface area contributed by atoms with Crippen LogP contribution in [0.5, 0.6) is 0 Å². The predicted molar refractivity (Wildman–Crippen MR) is 125 cm³/mol. The highest BCUT2D eigenvalue weighted by molar-refractivity contribution is 7.99. The Bertz CT molecular complexity index is 1160. The van der Waals surface area contributed by atoms with Crippen LogP contribution in [0.4, 0.5) is 11.4 Å². The minimum atomic E-state index is -0.150. The molecule has 3 aromatic carbocycles. The van der Waals surface area contributed by atoms with Crippen LogP contribution in [0.1, 0.15) is 20.7 Å². The number of piperazine rings is 1. The summed E-state index contributed by atoms with van der Waals surface area (Å²) in [6.45, 7) is 2.82. The molecule has 2 heterocycles. The summed E-state index contributed by atoms with van der Waals surface area (Å²) < 4.78 is 0. The number of amides is 2. The topological polar surface area (TPSA) is 52.7 Å². The molecular formula is C24H20ClN3O2S. The standard InChI is InChI=1S/C24H20ClN3O2S/c25-17-6-8-18(9-7-17)27-11-13-28(14-12-27)24(30)16-5-10-22-20(15-16)26-23(29)19-3-1-2-4-21(19)31-22/h1-10,15H,11-14H2,(H,26,29). The maximum absolute atomic E-state index is 13.1. The van der Waals surface area contributed by atoms with E-state index in [1.807, 2.05) is 65.6 Å². The lowest BCUT2D eigenvalue weighted by atomic mass is 10.1. The van der Waals surface area contributed by atoms with Gasteiger partial charge in [0.15, 0.2) is 0 Å². The molecule has 31 heavy (non-hydrogen) atoms. The third-order valence-corrected chi connectivity index (χ3v) is 6.99. The first-order chi connectivity index (χ1) is 15.1. The summed E-state index contributed by atoms with van der Waals surface area (Å²) in [5.74, 6) is -0.164. The summed E-state index contributed by atoms with van der Waals surface area (Å²) in [6, 6.07) is 20.9. The third-order valence-electron chi connectivity index (χ3n) is 5.58. The summed E-state index contributed by atoms with van der Waals surface area (Å²) in [7, 11) is 0. The van der Waals surface area contributed by atoms with Gasteiger partial charge in [-0.15, -0.1) is 0 Å². The number of anilines is 2. The summed E-state index contributed by atoms with van der Waals surface area (Å²) >= 11 is 7.52. The molecule has 0 aromatic heterocycles. The lowest BCUT2D eigenvalue weighted by molar-refractivity contribution is 0.0746. The zero-order chi connectivity index (χ0) is 21.4. The van der Waals surface area contributed by atoms with Gasteiger partial charge in [0, 0.05) is 52.2 Å². The Morgan fingerprint density at radius 2 is 1.65 bits per heavy atom. The van der Waals surface area contributed by atoms with Crippen LogP contribution in [0, 0.1) is 0 Å². The van der Waals surface area contributed by atoms with Crippen LogP contribution in [0.2, 0.25) is 5.02 Å². The summed E-state index contributed by atoms with van der Waals surface area (Å²) in [5.41, 5.74) is 3.03. The van der Waals surface area contributed by atoms with Crippen LogP contribution in [-0.4, -0.2) is 42.9 Å². The predicted octanol–water partition coefficient (Wildman–Crippen LogP) is 5.02. The highest BCUT2D eigenvalue weighted by Crippen LogP contribution is 2.39. The molecule has 0 bridgehead atoms. The molecule has 0 saturated carbocycles. The third kappa shape index (κ3) is 4.01. The number of benzene rings is 3. The van der Waals surface area contributed by atoms with Gasteiger partial charge in [-0.2, -0.15) is 0 Å². The van der Waals surface area contributed by atoms with E-state index in [1.165, 1.54) is 11.8 Å². The van der Waals surface area contributed by atoms with Gasteiger partial charge >= 0.3 is 0 Å². The lowest BCUT2D eigenvalue weighted by Crippen LogP contribution is -2.48. The second-order valence-corrected chi connectivity index (χ2v) is 9.04. The number of fused-ring (bicyclic) bond motifs is 2. The molecule has 0 unspecified atom stereocenters. The molecule has 1 fully saturated rings. The SMILES string of the molecule is O=C1Nc2cc(C(=O)N3CCN(c4ccc(Cl)cc4)CC3)ccc2Sc2ccccc21. The van der Waals surface area contributed by atoms with Crippen molar-refractivity contribution in [1.29, 1.82) is 0 Å². The average Bonchev–Trinajstić information content (AvgIpc) is 2.94. The van der Waals surface area contributed by atoms with Crippen LogP contribution >= 0.6 is 23.4 Å². The maximum atomic E-state index is 13.1. The number of carbonyl (C=O) groups excluding carboxylic acids is 2. The Morgan fingerprint density at radius 1 is 0.903 bits per heavy atom. The molecule has 1 N–H and O–H groups in total. The zero-order valence-electron chi connectivity index (χ0n) is 16.7. The highest BCUT2D eigenvalue weighted by Gasteiger charge is 2.25. The fourth-order valence-electron chi connectivity index (χ4n) is 3.90. The Kier molecular flexibility index (Phi) is 5.34. The molecular weight excluding hydrogens is 430 g/mol. The Morgan fingerprint density at radius 3 is 2.42 bits per heavy atom. The van der Waals surface area contributed by atoms with Crippen molar-refractivity contribution in [3.63, 3.8) is 0 Å². The summed E-state index contributed by atoms with van der Waals surface area (Å²) in [4.78, 5) is 31.7. The molecule has 1 saturated heterocycles. The molecule has 2 amide bonds. The van der Waals surface area contributed by atoms with E-state index in [-0.39, 0.29) is 11.8 Å². The molecule has 0 atom stereocenters. The number of carbonyl (C=O) groups is 2. The van der Waals surface area contributed by atoms with Gasteiger partial charge in [0.2, 0.25) is 0 Å². The second kappa shape index (κ2) is 8.29. The molecule has 5 nitrogen and oxygen atoms in total. The van der Waals surface area contributed by atoms with Crippen LogP contribution in [0.25, 0.3) is 0 Å². The molecule has 2 aliphatic heterocycles. The quantitative estimate of drug-likeness (QED) is 0.597. The van der Waals surface area contributed by atoms with E-state index in [2.05, 4.69) is 10.2 Å². The molecule has 156 valence electrons. The minimum Gasteiger partial charge on any atom is -0.368 e. The lowest BCUT2D eigenvalue weighted by Gasteiger charge is -2.36. The molecule has 0 aliphatic carbocycles. The van der Waals surface area contributed by atoms with E-state index >= 15 is 0 Å². The summed E-state index contributed by atoms with van der Waals surface area (Å²) in [5, 5.41) is 3.68. The van der Waals surface area contributed by atoms with E-state index in [1.54, 1.807) is 6.07 Å². The van der Waals surface area contributed by atoms with Crippen molar-refractivity contribution in [2.75, 3.05) is 36.4 Å². The van der Waals surface area contributed by atoms with E-state index in [9.17, 15) is 9.59 Å². The van der Waals surface area contributed by atoms with Gasteiger partial charge < -0.3 is 15.1 Å². The van der Waals surface area contributed by atoms with E-state index in [0.717, 1.165) is 28.6 Å². The number of nitrogens with zero attached hydrogens (tertiary/aromatic N) is 2. The Balaban J connectivity index is 1.30. The van der Waals surface area contributed by atoms with Crippen LogP contribution in [0.15, 0.2) is 76.5 Å². The van der Waals surface area contributed by atoms with Crippen LogP contribution in [0.3, 0.4) is 0 Å². The van der Waals surface area contributed by atoms with E-state index in [0.29, 0.717) is 34.9 Å². The zero-order valence-corrected chi connectivity index (χ0v) is 18.2. The molecule has 3 aromatic rings. The first-order valence-electron chi connectivity index (χ1n) is 10.1. The molecule has 2 aliphatic rings. The van der Waals surface area contributed by atoms with Gasteiger partial charge in [-0.25, -0.2) is 0 Å². The normalized spacial score (nSPS) is 15.6. The first kappa shape index (κ1) is 20.0. The molecule has 7 heteroatoms. The van der Waals surface area contributed by atoms with Crippen molar-refractivity contribution in [2.45, 2.75) is 9.79 Å². The van der Waals surface area contributed by atoms with Crippen molar-refractivity contribution in [2.24, 2.45) is 0 Å². The smallest absolute Gasteiger partial charge is 0.256 e. The van der Waals surface area contributed by atoms with Gasteiger partial charge in [-0.05, 0) is 54.6 Å². The number of hydrogen-bond donors (Lipinski definition) is 1. The van der Waals surface area contributed by atoms with Gasteiger partial charge in [0.1, 0.15) is 0 Å². The Hall–Kier alpha value is -2.96. The van der Waals surface area contributed by atoms with E-state index < -0.39 is 0 Å². The number of nitrogens with one attached hydrogen (secondary N) is 1. The highest BCUT2D eigenvalue weighted by atomic mass is 35.5. The summed E-state index contributed by atoms with van der Waals surface area (Å²) in [6.07, 6.45) is 0. The van der Waals surface area contributed by atoms with Gasteiger partial charge in [-0.1, -0.05) is 35.5 Å². The van der Waals surface area contributed by atoms with Crippen molar-refractivity contribution in [1.82, 2.24) is 4.90 Å². The fourth-order valence-corrected chi connectivity index (χ4v) is 5.04. The van der Waals surface area contributed by atoms with Gasteiger partial charge in [0.05, 0.1) is 11.3 Å². The second-order valence-electron chi connectivity index (χ2n) is 7.52. The number of hydrogen-bond acceptors (Lipinski definition) is 4. The first-order valence-corrected chi connectivity index (χ1v) is 11.3. The van der Waals surface area contributed by atoms with Crippen molar-refractivity contribution in [3.05, 3.63) is 82.9 Å². The van der Waals surface area contributed by atoms with Crippen LogP contribution in [-0.2, 0) is 0 Å². The number of rotatable bonds is 2. The molecule has 0 spiro atoms. The molecule has 0 radical (unpaired) electrons. The minimum absolute atomic E-state index is 0.0143. The Labute approximate surface area is 190 Å². The van der Waals surface area contributed by atoms with Gasteiger partial charge in [0.25, 0.3) is 11.8 Å². The number of halogens is 1. The monoisotopic (exact) mass is 449 g/mol. The van der Waals surface area contributed by atoms with Crippen molar-refractivity contribution < 1.29 is 9.59 Å². The van der Waals surface area contributed by atoms with Gasteiger partial charge in [-0.3, -0.25) is 9.59 Å². The van der Waals surface area contributed by atoms with Crippen molar-refractivity contribution >= 4 is 46.6 Å². The largest absolute Gasteiger partial charge is 0.368 e. The fraction of sp³-hybridized carbons (Fsp3) is 0.167.